The second kappa shape index (κ2) is 8.72. The molecule has 1 fully saturated rings. The highest BCUT2D eigenvalue weighted by Gasteiger charge is 2.36. The lowest BCUT2D eigenvalue weighted by atomic mass is 9.90. The van der Waals surface area contributed by atoms with Crippen LogP contribution in [0.3, 0.4) is 0 Å². The smallest absolute Gasteiger partial charge is 0.417 e. The first kappa shape index (κ1) is 22.2. The summed E-state index contributed by atoms with van der Waals surface area (Å²) < 4.78 is 40.2. The van der Waals surface area contributed by atoms with Crippen molar-refractivity contribution in [2.24, 2.45) is 5.92 Å². The van der Waals surface area contributed by atoms with Crippen LogP contribution in [0.2, 0.25) is 15.1 Å². The van der Waals surface area contributed by atoms with Crippen LogP contribution in [0, 0.1) is 5.92 Å². The summed E-state index contributed by atoms with van der Waals surface area (Å²) >= 11 is 18.1. The fourth-order valence-corrected chi connectivity index (χ4v) is 4.38. The maximum Gasteiger partial charge on any atom is 0.417 e. The van der Waals surface area contributed by atoms with Crippen LogP contribution in [0.15, 0.2) is 36.4 Å². The van der Waals surface area contributed by atoms with Gasteiger partial charge in [0.15, 0.2) is 0 Å². The molecule has 0 aromatic heterocycles. The van der Waals surface area contributed by atoms with Crippen molar-refractivity contribution in [1.29, 1.82) is 0 Å². The number of carboxylic acid groups (broad SMARTS) is 1. The molecule has 0 amide bonds. The fourth-order valence-electron chi connectivity index (χ4n) is 3.65. The predicted molar refractivity (Wildman–Crippen MR) is 107 cm³/mol. The van der Waals surface area contributed by atoms with Crippen LogP contribution in [-0.4, -0.2) is 29.1 Å². The summed E-state index contributed by atoms with van der Waals surface area (Å²) in [5.74, 6) is -1.33. The first-order valence-corrected chi connectivity index (χ1v) is 9.99. The van der Waals surface area contributed by atoms with Crippen LogP contribution in [0.5, 0.6) is 0 Å². The molecule has 156 valence electrons. The number of piperidine rings is 1. The number of hydrogen-bond acceptors (Lipinski definition) is 2. The average molecular weight is 467 g/mol. The largest absolute Gasteiger partial charge is 0.481 e. The molecule has 0 saturated carbocycles. The molecule has 2 aromatic rings. The van der Waals surface area contributed by atoms with Crippen LogP contribution in [-0.2, 0) is 11.0 Å². The summed E-state index contributed by atoms with van der Waals surface area (Å²) in [6.45, 7) is 0.815. The minimum Gasteiger partial charge on any atom is -0.481 e. The van der Waals surface area contributed by atoms with E-state index in [0.717, 1.165) is 6.07 Å². The zero-order chi connectivity index (χ0) is 21.3. The first-order chi connectivity index (χ1) is 13.6. The number of halogens is 6. The Labute approximate surface area is 181 Å². The first-order valence-electron chi connectivity index (χ1n) is 8.86. The van der Waals surface area contributed by atoms with E-state index >= 15 is 0 Å². The summed E-state index contributed by atoms with van der Waals surface area (Å²) in [4.78, 5) is 13.2. The van der Waals surface area contributed by atoms with Gasteiger partial charge < -0.3 is 5.11 Å². The minimum absolute atomic E-state index is 0.325. The zero-order valence-electron chi connectivity index (χ0n) is 15.0. The van der Waals surface area contributed by atoms with E-state index in [1.165, 1.54) is 18.2 Å². The average Bonchev–Trinajstić information content (AvgIpc) is 2.64. The van der Waals surface area contributed by atoms with E-state index in [1.807, 2.05) is 4.90 Å². The SMILES string of the molecule is O=C(O)C1CCN(C(c2ccc(Cl)c(C(F)(F)F)c2)c2ccc(Cl)cc2Cl)CC1. The topological polar surface area (TPSA) is 40.5 Å². The van der Waals surface area contributed by atoms with E-state index in [9.17, 15) is 23.1 Å². The van der Waals surface area contributed by atoms with E-state index in [2.05, 4.69) is 0 Å². The van der Waals surface area contributed by atoms with Crippen LogP contribution in [0.1, 0.15) is 35.6 Å². The number of carboxylic acids is 1. The van der Waals surface area contributed by atoms with Crippen LogP contribution < -0.4 is 0 Å². The standard InChI is InChI=1S/C20H17Cl3F3NO2/c21-13-2-3-14(17(23)10-13)18(27-7-5-11(6-8-27)19(28)29)12-1-4-16(22)15(9-12)20(24,25)26/h1-4,9-11,18H,5-8H2,(H,28,29). The quantitative estimate of drug-likeness (QED) is 0.555. The molecule has 2 aromatic carbocycles. The molecule has 1 aliphatic heterocycles. The van der Waals surface area contributed by atoms with Gasteiger partial charge in [0.1, 0.15) is 0 Å². The second-order valence-corrected chi connectivity index (χ2v) is 8.20. The highest BCUT2D eigenvalue weighted by molar-refractivity contribution is 6.35. The Balaban J connectivity index is 2.06. The van der Waals surface area contributed by atoms with Gasteiger partial charge in [-0.25, -0.2) is 0 Å². The molecule has 3 nitrogen and oxygen atoms in total. The highest BCUT2D eigenvalue weighted by atomic mass is 35.5. The van der Waals surface area contributed by atoms with Gasteiger partial charge in [-0.15, -0.1) is 0 Å². The molecular formula is C20H17Cl3F3NO2. The number of likely N-dealkylation sites (tertiary alicyclic amines) is 1. The van der Waals surface area contributed by atoms with Crippen molar-refractivity contribution in [1.82, 2.24) is 4.90 Å². The van der Waals surface area contributed by atoms with Crippen molar-refractivity contribution in [3.63, 3.8) is 0 Å². The molecule has 0 radical (unpaired) electrons. The van der Waals surface area contributed by atoms with Crippen molar-refractivity contribution in [2.75, 3.05) is 13.1 Å². The van der Waals surface area contributed by atoms with E-state index < -0.39 is 29.7 Å². The van der Waals surface area contributed by atoms with Crippen molar-refractivity contribution < 1.29 is 23.1 Å². The molecule has 0 spiro atoms. The Morgan fingerprint density at radius 1 is 1.03 bits per heavy atom. The van der Waals surface area contributed by atoms with Gasteiger partial charge in [0, 0.05) is 10.0 Å². The highest BCUT2D eigenvalue weighted by Crippen LogP contribution is 2.41. The molecule has 0 bridgehead atoms. The Morgan fingerprint density at radius 2 is 1.69 bits per heavy atom. The van der Waals surface area contributed by atoms with Gasteiger partial charge in [-0.1, -0.05) is 46.9 Å². The lowest BCUT2D eigenvalue weighted by molar-refractivity contribution is -0.143. The molecule has 1 N–H and O–H groups in total. The second-order valence-electron chi connectivity index (χ2n) is 6.95. The van der Waals surface area contributed by atoms with Crippen molar-refractivity contribution in [3.05, 3.63) is 68.2 Å². The molecule has 9 heteroatoms. The maximum atomic E-state index is 13.4. The van der Waals surface area contributed by atoms with Gasteiger partial charge in [-0.2, -0.15) is 13.2 Å². The van der Waals surface area contributed by atoms with Gasteiger partial charge in [0.05, 0.1) is 22.5 Å². The van der Waals surface area contributed by atoms with E-state index in [0.29, 0.717) is 47.1 Å². The number of hydrogen-bond donors (Lipinski definition) is 1. The summed E-state index contributed by atoms with van der Waals surface area (Å²) in [5, 5.41) is 9.59. The number of benzene rings is 2. The summed E-state index contributed by atoms with van der Waals surface area (Å²) in [7, 11) is 0. The van der Waals surface area contributed by atoms with E-state index in [4.69, 9.17) is 34.8 Å². The Kier molecular flexibility index (Phi) is 6.68. The molecule has 1 saturated heterocycles. The minimum atomic E-state index is -4.60. The van der Waals surface area contributed by atoms with Gasteiger partial charge in [-0.3, -0.25) is 9.69 Å². The summed E-state index contributed by atoms with van der Waals surface area (Å²) in [6, 6.07) is 8.04. The zero-order valence-corrected chi connectivity index (χ0v) is 17.3. The molecule has 1 atom stereocenters. The van der Waals surface area contributed by atoms with E-state index in [1.54, 1.807) is 12.1 Å². The normalized spacial score (nSPS) is 17.3. The molecule has 29 heavy (non-hydrogen) atoms. The molecule has 1 heterocycles. The number of alkyl halides is 3. The van der Waals surface area contributed by atoms with E-state index in [-0.39, 0.29) is 5.02 Å². The predicted octanol–water partition coefficient (Wildman–Crippen LogP) is 6.55. The van der Waals surface area contributed by atoms with Crippen LogP contribution in [0.4, 0.5) is 13.2 Å². The van der Waals surface area contributed by atoms with Gasteiger partial charge >= 0.3 is 12.1 Å². The summed E-state index contributed by atoms with van der Waals surface area (Å²) in [6.07, 6.45) is -3.80. The third kappa shape index (κ3) is 5.00. The molecule has 0 aliphatic carbocycles. The molecule has 1 aliphatic rings. The number of rotatable bonds is 4. The third-order valence-electron chi connectivity index (χ3n) is 5.11. The Morgan fingerprint density at radius 3 is 2.24 bits per heavy atom. The Bertz CT molecular complexity index is 912. The van der Waals surface area contributed by atoms with Crippen molar-refractivity contribution >= 4 is 40.8 Å². The van der Waals surface area contributed by atoms with Crippen molar-refractivity contribution in [3.8, 4) is 0 Å². The summed E-state index contributed by atoms with van der Waals surface area (Å²) in [5.41, 5.74) is 0.0483. The van der Waals surface area contributed by atoms with Gasteiger partial charge in [-0.05, 0) is 61.3 Å². The van der Waals surface area contributed by atoms with Crippen LogP contribution in [0.25, 0.3) is 0 Å². The van der Waals surface area contributed by atoms with Crippen LogP contribution >= 0.6 is 34.8 Å². The molecular weight excluding hydrogens is 450 g/mol. The number of carbonyl (C=O) groups is 1. The number of aliphatic carboxylic acids is 1. The number of nitrogens with zero attached hydrogens (tertiary/aromatic N) is 1. The van der Waals surface area contributed by atoms with Gasteiger partial charge in [0.2, 0.25) is 0 Å². The fraction of sp³-hybridized carbons (Fsp3) is 0.350. The lowest BCUT2D eigenvalue weighted by Gasteiger charge is -2.37. The molecule has 3 rings (SSSR count). The van der Waals surface area contributed by atoms with Crippen molar-refractivity contribution in [2.45, 2.75) is 25.1 Å². The third-order valence-corrected chi connectivity index (χ3v) is 6.00. The van der Waals surface area contributed by atoms with Gasteiger partial charge in [0.25, 0.3) is 0 Å². The Hall–Kier alpha value is -1.47. The lowest BCUT2D eigenvalue weighted by Crippen LogP contribution is -2.39. The monoisotopic (exact) mass is 465 g/mol. The molecule has 1 unspecified atom stereocenters. The maximum absolute atomic E-state index is 13.4.